The van der Waals surface area contributed by atoms with E-state index in [9.17, 15) is 0 Å². The standard InChI is InChI=1S/C8H18O3/c1-7(4-5-9)6-11-8(2,3)10/h7,9-10H,4-6H2,1-3H3. The highest BCUT2D eigenvalue weighted by atomic mass is 16.6. The van der Waals surface area contributed by atoms with Gasteiger partial charge in [-0.25, -0.2) is 0 Å². The number of hydrogen-bond donors (Lipinski definition) is 2. The Morgan fingerprint density at radius 2 is 2.00 bits per heavy atom. The van der Waals surface area contributed by atoms with Gasteiger partial charge in [0.25, 0.3) is 0 Å². The van der Waals surface area contributed by atoms with E-state index in [4.69, 9.17) is 14.9 Å². The van der Waals surface area contributed by atoms with Crippen LogP contribution in [0.4, 0.5) is 0 Å². The predicted molar refractivity (Wildman–Crippen MR) is 43.1 cm³/mol. The minimum atomic E-state index is -1.05. The SMILES string of the molecule is CC(CCO)COC(C)(C)O. The summed E-state index contributed by atoms with van der Waals surface area (Å²) in [6, 6.07) is 0. The summed E-state index contributed by atoms with van der Waals surface area (Å²) in [5, 5.41) is 17.7. The number of rotatable bonds is 5. The third kappa shape index (κ3) is 7.78. The molecule has 0 aliphatic heterocycles. The molecule has 3 heteroatoms. The van der Waals surface area contributed by atoms with E-state index in [-0.39, 0.29) is 6.61 Å². The quantitative estimate of drug-likeness (QED) is 0.586. The molecule has 0 aliphatic carbocycles. The molecular formula is C8H18O3. The third-order valence-electron chi connectivity index (χ3n) is 1.34. The highest BCUT2D eigenvalue weighted by molar-refractivity contribution is 4.54. The van der Waals surface area contributed by atoms with Crippen LogP contribution >= 0.6 is 0 Å². The van der Waals surface area contributed by atoms with E-state index in [0.29, 0.717) is 12.5 Å². The van der Waals surface area contributed by atoms with Crippen molar-refractivity contribution in [2.45, 2.75) is 33.0 Å². The lowest BCUT2D eigenvalue weighted by molar-refractivity contribution is -0.183. The molecule has 0 bridgehead atoms. The smallest absolute Gasteiger partial charge is 0.159 e. The van der Waals surface area contributed by atoms with Crippen LogP contribution in [0.2, 0.25) is 0 Å². The van der Waals surface area contributed by atoms with Crippen LogP contribution in [0.1, 0.15) is 27.2 Å². The van der Waals surface area contributed by atoms with Crippen molar-refractivity contribution >= 4 is 0 Å². The fourth-order valence-electron chi connectivity index (χ4n) is 0.650. The summed E-state index contributed by atoms with van der Waals surface area (Å²) in [5.74, 6) is -0.754. The Bertz CT molecular complexity index is 96.0. The van der Waals surface area contributed by atoms with Crippen molar-refractivity contribution in [3.8, 4) is 0 Å². The van der Waals surface area contributed by atoms with Crippen LogP contribution in [0.3, 0.4) is 0 Å². The first kappa shape index (κ1) is 10.9. The van der Waals surface area contributed by atoms with Gasteiger partial charge in [0.2, 0.25) is 0 Å². The van der Waals surface area contributed by atoms with E-state index in [0.717, 1.165) is 6.42 Å². The third-order valence-corrected chi connectivity index (χ3v) is 1.34. The molecule has 2 N–H and O–H groups in total. The van der Waals surface area contributed by atoms with E-state index in [2.05, 4.69) is 0 Å². The van der Waals surface area contributed by atoms with Crippen LogP contribution < -0.4 is 0 Å². The predicted octanol–water partition coefficient (Wildman–Crippen LogP) is 0.750. The first-order chi connectivity index (χ1) is 4.95. The number of aliphatic hydroxyl groups is 2. The molecule has 0 saturated carbocycles. The van der Waals surface area contributed by atoms with Gasteiger partial charge in [-0.2, -0.15) is 0 Å². The Morgan fingerprint density at radius 1 is 1.45 bits per heavy atom. The number of hydrogen-bond acceptors (Lipinski definition) is 3. The van der Waals surface area contributed by atoms with Crippen LogP contribution in [0.5, 0.6) is 0 Å². The topological polar surface area (TPSA) is 49.7 Å². The Hall–Kier alpha value is -0.120. The molecule has 1 unspecified atom stereocenters. The normalized spacial score (nSPS) is 15.0. The van der Waals surface area contributed by atoms with Crippen molar-refractivity contribution in [2.24, 2.45) is 5.92 Å². The second-order valence-corrected chi connectivity index (χ2v) is 3.38. The van der Waals surface area contributed by atoms with E-state index in [1.165, 1.54) is 0 Å². The van der Waals surface area contributed by atoms with Crippen LogP contribution in [0.15, 0.2) is 0 Å². The summed E-state index contributed by atoms with van der Waals surface area (Å²) in [4.78, 5) is 0. The Balaban J connectivity index is 3.38. The molecule has 11 heavy (non-hydrogen) atoms. The van der Waals surface area contributed by atoms with Gasteiger partial charge in [-0.05, 0) is 26.2 Å². The Kier molecular flexibility index (Phi) is 4.65. The van der Waals surface area contributed by atoms with Crippen LogP contribution in [-0.4, -0.2) is 29.2 Å². The van der Waals surface area contributed by atoms with Gasteiger partial charge in [-0.15, -0.1) is 0 Å². The fraction of sp³-hybridized carbons (Fsp3) is 1.00. The van der Waals surface area contributed by atoms with Crippen molar-refractivity contribution in [1.29, 1.82) is 0 Å². The second-order valence-electron chi connectivity index (χ2n) is 3.38. The molecule has 0 rings (SSSR count). The molecule has 3 nitrogen and oxygen atoms in total. The average molecular weight is 162 g/mol. The van der Waals surface area contributed by atoms with Crippen molar-refractivity contribution in [2.75, 3.05) is 13.2 Å². The molecule has 0 heterocycles. The Morgan fingerprint density at radius 3 is 2.36 bits per heavy atom. The molecule has 68 valence electrons. The van der Waals surface area contributed by atoms with Crippen molar-refractivity contribution in [1.82, 2.24) is 0 Å². The van der Waals surface area contributed by atoms with Crippen LogP contribution in [0.25, 0.3) is 0 Å². The van der Waals surface area contributed by atoms with Gasteiger partial charge in [0.1, 0.15) is 0 Å². The summed E-state index contributed by atoms with van der Waals surface area (Å²) < 4.78 is 5.09. The van der Waals surface area contributed by atoms with Crippen LogP contribution in [-0.2, 0) is 4.74 Å². The van der Waals surface area contributed by atoms with E-state index >= 15 is 0 Å². The average Bonchev–Trinajstić information content (AvgIpc) is 1.83. The van der Waals surface area contributed by atoms with Gasteiger partial charge in [-0.3, -0.25) is 0 Å². The highest BCUT2D eigenvalue weighted by Gasteiger charge is 2.13. The first-order valence-corrected chi connectivity index (χ1v) is 3.93. The summed E-state index contributed by atoms with van der Waals surface area (Å²) in [6.45, 7) is 5.83. The zero-order valence-corrected chi connectivity index (χ0v) is 7.50. The molecule has 0 aromatic carbocycles. The monoisotopic (exact) mass is 162 g/mol. The zero-order valence-electron chi connectivity index (χ0n) is 7.50. The lowest BCUT2D eigenvalue weighted by Gasteiger charge is -2.20. The maximum absolute atomic E-state index is 9.15. The van der Waals surface area contributed by atoms with Gasteiger partial charge in [-0.1, -0.05) is 6.92 Å². The van der Waals surface area contributed by atoms with E-state index in [1.807, 2.05) is 6.92 Å². The van der Waals surface area contributed by atoms with E-state index in [1.54, 1.807) is 13.8 Å². The van der Waals surface area contributed by atoms with Gasteiger partial charge in [0, 0.05) is 6.61 Å². The molecule has 0 aromatic rings. The first-order valence-electron chi connectivity index (χ1n) is 3.93. The molecule has 0 amide bonds. The fourth-order valence-corrected chi connectivity index (χ4v) is 0.650. The molecule has 0 aromatic heterocycles. The van der Waals surface area contributed by atoms with Crippen molar-refractivity contribution < 1.29 is 14.9 Å². The van der Waals surface area contributed by atoms with E-state index < -0.39 is 5.79 Å². The summed E-state index contributed by atoms with van der Waals surface area (Å²) in [5.41, 5.74) is 0. The van der Waals surface area contributed by atoms with Gasteiger partial charge >= 0.3 is 0 Å². The van der Waals surface area contributed by atoms with Crippen molar-refractivity contribution in [3.63, 3.8) is 0 Å². The van der Waals surface area contributed by atoms with Crippen LogP contribution in [0, 0.1) is 5.92 Å². The highest BCUT2D eigenvalue weighted by Crippen LogP contribution is 2.08. The maximum atomic E-state index is 9.15. The molecule has 0 saturated heterocycles. The van der Waals surface area contributed by atoms with Gasteiger partial charge < -0.3 is 14.9 Å². The van der Waals surface area contributed by atoms with Gasteiger partial charge in [0.05, 0.1) is 6.61 Å². The molecule has 1 atom stereocenters. The van der Waals surface area contributed by atoms with Gasteiger partial charge in [0.15, 0.2) is 5.79 Å². The zero-order chi connectivity index (χ0) is 8.91. The largest absolute Gasteiger partial charge is 0.396 e. The molecule has 0 fully saturated rings. The second kappa shape index (κ2) is 4.70. The lowest BCUT2D eigenvalue weighted by atomic mass is 10.1. The molecule has 0 aliphatic rings. The lowest BCUT2D eigenvalue weighted by Crippen LogP contribution is -2.26. The molecule has 0 spiro atoms. The summed E-state index contributed by atoms with van der Waals surface area (Å²) >= 11 is 0. The summed E-state index contributed by atoms with van der Waals surface area (Å²) in [6.07, 6.45) is 0.718. The van der Waals surface area contributed by atoms with Crippen molar-refractivity contribution in [3.05, 3.63) is 0 Å². The minimum Gasteiger partial charge on any atom is -0.396 e. The number of aliphatic hydroxyl groups excluding tert-OH is 1. The maximum Gasteiger partial charge on any atom is 0.159 e. The summed E-state index contributed by atoms with van der Waals surface area (Å²) in [7, 11) is 0. The molecular weight excluding hydrogens is 144 g/mol. The Labute approximate surface area is 68.0 Å². The minimum absolute atomic E-state index is 0.177. The number of ether oxygens (including phenoxy) is 1. The molecule has 0 radical (unpaired) electrons.